The molecule has 0 aliphatic heterocycles. The molecule has 0 aliphatic carbocycles. The Labute approximate surface area is 316 Å². The zero-order chi connectivity index (χ0) is 37.0. The van der Waals surface area contributed by atoms with E-state index in [1.54, 1.807) is 0 Å². The van der Waals surface area contributed by atoms with Gasteiger partial charge in [-0.15, -0.1) is 0 Å². The average Bonchev–Trinajstić information content (AvgIpc) is 3.07. The zero-order valence-electron chi connectivity index (χ0n) is 34.1. The van der Waals surface area contributed by atoms with Gasteiger partial charge in [0, 0.05) is 0 Å². The summed E-state index contributed by atoms with van der Waals surface area (Å²) >= 11 is -4.67. The summed E-state index contributed by atoms with van der Waals surface area (Å²) in [5, 5.41) is 0. The van der Waals surface area contributed by atoms with Gasteiger partial charge < -0.3 is 0 Å². The molecule has 0 spiro atoms. The molecule has 6 nitrogen and oxygen atoms in total. The van der Waals surface area contributed by atoms with Gasteiger partial charge in [0.15, 0.2) is 0 Å². The van der Waals surface area contributed by atoms with Gasteiger partial charge in [-0.3, -0.25) is 0 Å². The molecule has 0 radical (unpaired) electrons. The van der Waals surface area contributed by atoms with Gasteiger partial charge >= 0.3 is 227 Å². The predicted molar refractivity (Wildman–Crippen MR) is 208 cm³/mol. The molecule has 0 aromatic heterocycles. The van der Waals surface area contributed by atoms with Gasteiger partial charge in [0.2, 0.25) is 0 Å². The van der Waals surface area contributed by atoms with Crippen molar-refractivity contribution in [3.8, 4) is 0 Å². The van der Waals surface area contributed by atoms with E-state index in [1.165, 1.54) is 154 Å². The van der Waals surface area contributed by atoms with Crippen LogP contribution in [-0.4, -0.2) is 24.6 Å². The Hall–Kier alpha value is -0.686. The van der Waals surface area contributed by atoms with Crippen LogP contribution in [0.1, 0.15) is 240 Å². The van der Waals surface area contributed by atoms with Crippen LogP contribution in [0.4, 0.5) is 0 Å². The number of hydrogen-bond acceptors (Lipinski definition) is 6. The molecule has 0 saturated carbocycles. The second-order valence-electron chi connectivity index (χ2n) is 15.3. The van der Waals surface area contributed by atoms with Gasteiger partial charge in [-0.05, 0) is 0 Å². The van der Waals surface area contributed by atoms with E-state index >= 15 is 0 Å². The second-order valence-corrected chi connectivity index (χ2v) is 18.3. The average molecular weight is 745 g/mol. The van der Waals surface area contributed by atoms with Crippen molar-refractivity contribution in [1.29, 1.82) is 0 Å². The third-order valence-corrected chi connectivity index (χ3v) is 12.8. The second kappa shape index (κ2) is 36.7. The van der Waals surface area contributed by atoms with Crippen molar-refractivity contribution in [2.24, 2.45) is 0 Å². The molecule has 0 aromatic carbocycles. The molecule has 0 aliphatic rings. The number of carbonyl (C=O) groups excluding carboxylic acids is 2. The summed E-state index contributed by atoms with van der Waals surface area (Å²) in [5.41, 5.74) is 0.754. The van der Waals surface area contributed by atoms with E-state index in [-0.39, 0.29) is 25.6 Å². The molecule has 0 aromatic rings. The number of unbranched alkanes of at least 4 members (excludes halogenated alkanes) is 28. The topological polar surface area (TPSA) is 71.1 Å². The van der Waals surface area contributed by atoms with E-state index in [0.717, 1.165) is 44.1 Å². The molecule has 296 valence electrons. The van der Waals surface area contributed by atoms with Crippen LogP contribution in [0.3, 0.4) is 0 Å². The molecular weight excluding hydrogens is 660 g/mol. The predicted octanol–water partition coefficient (Wildman–Crippen LogP) is 14.4. The van der Waals surface area contributed by atoms with Crippen molar-refractivity contribution in [3.05, 3.63) is 12.2 Å². The molecule has 0 heterocycles. The van der Waals surface area contributed by atoms with Crippen LogP contribution in [0.2, 0.25) is 0 Å². The molecule has 0 saturated heterocycles. The molecule has 50 heavy (non-hydrogen) atoms. The van der Waals surface area contributed by atoms with Crippen molar-refractivity contribution in [2.75, 3.05) is 6.61 Å². The summed E-state index contributed by atoms with van der Waals surface area (Å²) in [5.74, 6) is -0.802. The Balaban J connectivity index is 4.29. The number of hydrogen-bond donors (Lipinski definition) is 0. The van der Waals surface area contributed by atoms with Crippen LogP contribution in [0.5, 0.6) is 0 Å². The van der Waals surface area contributed by atoms with Crippen LogP contribution < -0.4 is 0 Å². The van der Waals surface area contributed by atoms with Gasteiger partial charge in [-0.2, -0.15) is 0 Å². The van der Waals surface area contributed by atoms with Crippen molar-refractivity contribution in [1.82, 2.24) is 0 Å². The van der Waals surface area contributed by atoms with Crippen LogP contribution in [0.25, 0.3) is 0 Å². The fraction of sp³-hybridized carbons (Fsp3) is 0.907. The quantitative estimate of drug-likeness (QED) is 0.0354. The molecule has 0 N–H and O–H groups in total. The molecule has 0 fully saturated rings. The van der Waals surface area contributed by atoms with Crippen molar-refractivity contribution in [3.63, 3.8) is 0 Å². The van der Waals surface area contributed by atoms with Gasteiger partial charge in [-0.25, -0.2) is 0 Å². The Morgan fingerprint density at radius 1 is 0.480 bits per heavy atom. The first-order valence-corrected chi connectivity index (χ1v) is 24.2. The Bertz CT molecular complexity index is 737. The van der Waals surface area contributed by atoms with Gasteiger partial charge in [0.05, 0.1) is 0 Å². The minimum atomic E-state index is -4.67. The van der Waals surface area contributed by atoms with Crippen LogP contribution >= 0.6 is 0 Å². The van der Waals surface area contributed by atoms with E-state index in [2.05, 4.69) is 20.4 Å². The van der Waals surface area contributed by atoms with Gasteiger partial charge in [0.25, 0.3) is 0 Å². The first-order chi connectivity index (χ1) is 24.2. The molecule has 0 unspecified atom stereocenters. The normalized spacial score (nSPS) is 11.7. The standard InChI is InChI=1S/2C18H36O2.C4H7O.C3H7O.Ti/c2*1-2-3-4-5-6-7-8-9-10-11-12-13-14-15-16-17-18(19)20;1-4(2)3-5;1-3(2)4;/h2*2-17H2,1H3,(H,19,20);1,3H2,2H3;3H,1-2H3;/q;;2*-1;+4/p-2. The van der Waals surface area contributed by atoms with E-state index in [4.69, 9.17) is 13.3 Å². The molecule has 0 amide bonds. The van der Waals surface area contributed by atoms with Crippen molar-refractivity contribution in [2.45, 2.75) is 246 Å². The Morgan fingerprint density at radius 3 is 0.980 bits per heavy atom. The van der Waals surface area contributed by atoms with E-state index in [9.17, 15) is 9.59 Å². The fourth-order valence-electron chi connectivity index (χ4n) is 6.32. The maximum atomic E-state index is 13.0. The third-order valence-electron chi connectivity index (χ3n) is 9.32. The van der Waals surface area contributed by atoms with Crippen LogP contribution in [0, 0.1) is 0 Å². The first kappa shape index (κ1) is 49.3. The van der Waals surface area contributed by atoms with E-state index in [1.807, 2.05) is 20.8 Å². The number of carbonyl (C=O) groups is 2. The van der Waals surface area contributed by atoms with E-state index in [0.29, 0.717) is 0 Å². The number of rotatable bonds is 39. The summed E-state index contributed by atoms with van der Waals surface area (Å²) < 4.78 is 23.7. The van der Waals surface area contributed by atoms with Crippen molar-refractivity contribution < 1.29 is 41.0 Å². The minimum absolute atomic E-state index is 0.130. The summed E-state index contributed by atoms with van der Waals surface area (Å²) in [6, 6.07) is 0. The first-order valence-electron chi connectivity index (χ1n) is 21.6. The maximum absolute atomic E-state index is 13.0. The summed E-state index contributed by atoms with van der Waals surface area (Å²) in [6.45, 7) is 14.1. The van der Waals surface area contributed by atoms with E-state index < -0.39 is 30.1 Å². The molecule has 7 heteroatoms. The molecule has 0 bridgehead atoms. The SMILES string of the molecule is C=C(C)C[O][Ti]([O]C(=O)CCCCCCCCCCCCCCCCC)([O]C(=O)CCCCCCCCCCCCCCCCC)[O]C(C)C. The molecule has 0 rings (SSSR count). The monoisotopic (exact) mass is 745 g/mol. The molecule has 0 atom stereocenters. The summed E-state index contributed by atoms with van der Waals surface area (Å²) in [4.78, 5) is 25.9. The Morgan fingerprint density at radius 2 is 0.740 bits per heavy atom. The Kier molecular flexibility index (Phi) is 36.2. The van der Waals surface area contributed by atoms with Crippen molar-refractivity contribution >= 4 is 11.9 Å². The zero-order valence-corrected chi connectivity index (χ0v) is 35.6. The van der Waals surface area contributed by atoms with Gasteiger partial charge in [-0.1, -0.05) is 90.9 Å². The third kappa shape index (κ3) is 34.4. The summed E-state index contributed by atoms with van der Waals surface area (Å²) in [7, 11) is 0. The molecular formula is C43H84O6Ti. The van der Waals surface area contributed by atoms with Gasteiger partial charge in [0.1, 0.15) is 0 Å². The van der Waals surface area contributed by atoms with Crippen LogP contribution in [-0.2, 0) is 41.0 Å². The summed E-state index contributed by atoms with van der Waals surface area (Å²) in [6.07, 6.45) is 38.4. The van der Waals surface area contributed by atoms with Crippen LogP contribution in [0.15, 0.2) is 12.2 Å². The fourth-order valence-corrected chi connectivity index (χ4v) is 9.58.